The Morgan fingerprint density at radius 1 is 0.964 bits per heavy atom. The highest BCUT2D eigenvalue weighted by molar-refractivity contribution is 5.96. The summed E-state index contributed by atoms with van der Waals surface area (Å²) in [5.74, 6) is 0.248. The van der Waals surface area contributed by atoms with E-state index < -0.39 is 0 Å². The van der Waals surface area contributed by atoms with Crippen molar-refractivity contribution >= 4 is 23.2 Å². The first-order valence-corrected chi connectivity index (χ1v) is 10.2. The van der Waals surface area contributed by atoms with Crippen LogP contribution < -0.4 is 10.2 Å². The van der Waals surface area contributed by atoms with E-state index >= 15 is 0 Å². The molecule has 2 aromatic rings. The van der Waals surface area contributed by atoms with Crippen LogP contribution >= 0.6 is 0 Å². The van der Waals surface area contributed by atoms with Gasteiger partial charge in [0.2, 0.25) is 11.8 Å². The van der Waals surface area contributed by atoms with Crippen LogP contribution in [0.3, 0.4) is 0 Å². The largest absolute Gasteiger partial charge is 0.326 e. The maximum atomic E-state index is 13.0. The Labute approximate surface area is 167 Å². The molecular formula is C24H30N2O2. The minimum atomic E-state index is -0.0178. The molecule has 0 heterocycles. The smallest absolute Gasteiger partial charge is 0.230 e. The highest BCUT2D eigenvalue weighted by atomic mass is 16.2. The number of aryl methyl sites for hydroxylation is 2. The molecule has 1 fully saturated rings. The van der Waals surface area contributed by atoms with Crippen molar-refractivity contribution in [1.29, 1.82) is 0 Å². The third-order valence-corrected chi connectivity index (χ3v) is 5.75. The van der Waals surface area contributed by atoms with Crippen molar-refractivity contribution in [3.05, 3.63) is 59.7 Å². The zero-order chi connectivity index (χ0) is 20.1. The first-order chi connectivity index (χ1) is 13.5. The van der Waals surface area contributed by atoms with Crippen LogP contribution in [0.5, 0.6) is 0 Å². The third-order valence-electron chi connectivity index (χ3n) is 5.75. The number of nitrogens with zero attached hydrogens (tertiary/aromatic N) is 1. The van der Waals surface area contributed by atoms with E-state index in [1.165, 1.54) is 0 Å². The highest BCUT2D eigenvalue weighted by Gasteiger charge is 2.32. The molecular weight excluding hydrogens is 348 g/mol. The Bertz CT molecular complexity index is 824. The monoisotopic (exact) mass is 378 g/mol. The summed E-state index contributed by atoms with van der Waals surface area (Å²) in [6, 6.07) is 15.9. The Balaban J connectivity index is 1.58. The van der Waals surface area contributed by atoms with Gasteiger partial charge in [0.25, 0.3) is 0 Å². The number of hydrogen-bond acceptors (Lipinski definition) is 2. The van der Waals surface area contributed by atoms with Gasteiger partial charge in [-0.15, -0.1) is 0 Å². The topological polar surface area (TPSA) is 49.4 Å². The van der Waals surface area contributed by atoms with Crippen molar-refractivity contribution in [3.8, 4) is 0 Å². The van der Waals surface area contributed by atoms with Crippen LogP contribution in [-0.4, -0.2) is 18.4 Å². The second kappa shape index (κ2) is 9.05. The number of benzene rings is 2. The molecule has 4 nitrogen and oxygen atoms in total. The molecule has 2 amide bonds. The van der Waals surface area contributed by atoms with Crippen molar-refractivity contribution in [1.82, 2.24) is 0 Å². The lowest BCUT2D eigenvalue weighted by atomic mass is 9.80. The normalized spacial score (nSPS) is 19.1. The van der Waals surface area contributed by atoms with Crippen LogP contribution in [0, 0.1) is 25.7 Å². The summed E-state index contributed by atoms with van der Waals surface area (Å²) >= 11 is 0. The first-order valence-electron chi connectivity index (χ1n) is 10.2. The number of carbonyl (C=O) groups excluding carboxylic acids is 2. The number of hydrogen-bond donors (Lipinski definition) is 1. The third kappa shape index (κ3) is 4.61. The molecule has 0 aromatic heterocycles. The van der Waals surface area contributed by atoms with E-state index in [1.54, 1.807) is 0 Å². The molecule has 1 aliphatic carbocycles. The average Bonchev–Trinajstić information content (AvgIpc) is 2.72. The van der Waals surface area contributed by atoms with Gasteiger partial charge in [0.15, 0.2) is 0 Å². The predicted molar refractivity (Wildman–Crippen MR) is 114 cm³/mol. The van der Waals surface area contributed by atoms with Crippen LogP contribution in [0.15, 0.2) is 48.5 Å². The summed E-state index contributed by atoms with van der Waals surface area (Å²) in [6.45, 7) is 6.70. The Morgan fingerprint density at radius 3 is 2.25 bits per heavy atom. The van der Waals surface area contributed by atoms with Crippen LogP contribution in [0.1, 0.15) is 43.7 Å². The lowest BCUT2D eigenvalue weighted by Gasteiger charge is -2.31. The van der Waals surface area contributed by atoms with Gasteiger partial charge in [-0.1, -0.05) is 30.3 Å². The van der Waals surface area contributed by atoms with E-state index in [0.29, 0.717) is 6.54 Å². The molecule has 0 spiro atoms. The van der Waals surface area contributed by atoms with Gasteiger partial charge in [0.05, 0.1) is 0 Å². The molecule has 1 saturated carbocycles. The van der Waals surface area contributed by atoms with Gasteiger partial charge in [-0.2, -0.15) is 0 Å². The lowest BCUT2D eigenvalue weighted by molar-refractivity contribution is -0.126. The fourth-order valence-electron chi connectivity index (χ4n) is 4.00. The van der Waals surface area contributed by atoms with E-state index in [2.05, 4.69) is 5.32 Å². The second-order valence-electron chi connectivity index (χ2n) is 7.77. The van der Waals surface area contributed by atoms with Crippen LogP contribution in [-0.2, 0) is 9.59 Å². The summed E-state index contributed by atoms with van der Waals surface area (Å²) in [6.07, 6.45) is 3.07. The summed E-state index contributed by atoms with van der Waals surface area (Å²) in [5, 5.41) is 3.09. The van der Waals surface area contributed by atoms with Crippen molar-refractivity contribution in [2.45, 2.75) is 46.5 Å². The van der Waals surface area contributed by atoms with Crippen molar-refractivity contribution in [2.75, 3.05) is 16.8 Å². The molecule has 0 unspecified atom stereocenters. The number of nitrogens with one attached hydrogen (secondary N) is 1. The van der Waals surface area contributed by atoms with Crippen molar-refractivity contribution in [3.63, 3.8) is 0 Å². The highest BCUT2D eigenvalue weighted by Crippen LogP contribution is 2.32. The Kier molecular flexibility index (Phi) is 6.50. The first kappa shape index (κ1) is 20.1. The summed E-state index contributed by atoms with van der Waals surface area (Å²) in [5.41, 5.74) is 4.05. The van der Waals surface area contributed by atoms with Gasteiger partial charge in [0, 0.05) is 29.8 Å². The second-order valence-corrected chi connectivity index (χ2v) is 7.77. The summed E-state index contributed by atoms with van der Waals surface area (Å²) < 4.78 is 0. The number of para-hydroxylation sites is 1. The number of rotatable bonds is 5. The minimum Gasteiger partial charge on any atom is -0.326 e. The number of amides is 2. The van der Waals surface area contributed by atoms with Gasteiger partial charge in [0.1, 0.15) is 0 Å². The molecule has 28 heavy (non-hydrogen) atoms. The molecule has 0 atom stereocenters. The molecule has 0 aliphatic heterocycles. The van der Waals surface area contributed by atoms with E-state index in [0.717, 1.165) is 48.2 Å². The molecule has 0 saturated heterocycles. The van der Waals surface area contributed by atoms with E-state index in [1.807, 2.05) is 74.2 Å². The molecule has 4 heteroatoms. The van der Waals surface area contributed by atoms with Crippen molar-refractivity contribution in [2.24, 2.45) is 11.8 Å². The maximum Gasteiger partial charge on any atom is 0.230 e. The molecule has 1 N–H and O–H groups in total. The van der Waals surface area contributed by atoms with Gasteiger partial charge in [-0.25, -0.2) is 0 Å². The molecule has 2 aromatic carbocycles. The van der Waals surface area contributed by atoms with Crippen LogP contribution in [0.2, 0.25) is 0 Å². The average molecular weight is 379 g/mol. The Hall–Kier alpha value is -2.62. The fourth-order valence-corrected chi connectivity index (χ4v) is 4.00. The molecule has 0 radical (unpaired) electrons. The van der Waals surface area contributed by atoms with Crippen LogP contribution in [0.25, 0.3) is 0 Å². The zero-order valence-corrected chi connectivity index (χ0v) is 17.1. The van der Waals surface area contributed by atoms with Gasteiger partial charge < -0.3 is 10.2 Å². The molecule has 148 valence electrons. The predicted octanol–water partition coefficient (Wildman–Crippen LogP) is 5.10. The minimum absolute atomic E-state index is 0.00455. The summed E-state index contributed by atoms with van der Waals surface area (Å²) in [4.78, 5) is 27.6. The van der Waals surface area contributed by atoms with E-state index in [9.17, 15) is 9.59 Å². The fraction of sp³-hybridized carbons (Fsp3) is 0.417. The van der Waals surface area contributed by atoms with E-state index in [4.69, 9.17) is 0 Å². The maximum absolute atomic E-state index is 13.0. The quantitative estimate of drug-likeness (QED) is 0.787. The SMILES string of the molecule is CCN(C(=O)C1CCC(C(=O)Nc2cc(C)ccc2C)CC1)c1ccccc1. The molecule has 1 aliphatic rings. The lowest BCUT2D eigenvalue weighted by Crippen LogP contribution is -2.39. The number of anilines is 2. The van der Waals surface area contributed by atoms with E-state index in [-0.39, 0.29) is 23.7 Å². The number of carbonyl (C=O) groups is 2. The molecule has 3 rings (SSSR count). The van der Waals surface area contributed by atoms with Crippen LogP contribution in [0.4, 0.5) is 11.4 Å². The van der Waals surface area contributed by atoms with Crippen molar-refractivity contribution < 1.29 is 9.59 Å². The standard InChI is InChI=1S/C24H30N2O2/c1-4-26(21-8-6-5-7-9-21)24(28)20-14-12-19(13-15-20)23(27)25-22-16-17(2)10-11-18(22)3/h5-11,16,19-20H,4,12-15H2,1-3H3,(H,25,27). The zero-order valence-electron chi connectivity index (χ0n) is 17.1. The summed E-state index contributed by atoms with van der Waals surface area (Å²) in [7, 11) is 0. The van der Waals surface area contributed by atoms with Gasteiger partial charge in [-0.3, -0.25) is 9.59 Å². The van der Waals surface area contributed by atoms with Gasteiger partial charge in [-0.05, 0) is 75.8 Å². The Morgan fingerprint density at radius 2 is 1.61 bits per heavy atom. The van der Waals surface area contributed by atoms with Gasteiger partial charge >= 0.3 is 0 Å². The molecule has 0 bridgehead atoms.